The number of esters is 1. The monoisotopic (exact) mass is 637 g/mol. The highest BCUT2D eigenvalue weighted by Gasteiger charge is 2.33. The number of hydrazine groups is 1. The zero-order valence-corrected chi connectivity index (χ0v) is 28.8. The van der Waals surface area contributed by atoms with Crippen molar-refractivity contribution in [3.05, 3.63) is 47.7 Å². The summed E-state index contributed by atoms with van der Waals surface area (Å²) in [5, 5.41) is 7.81. The highest BCUT2D eigenvalue weighted by molar-refractivity contribution is 5.93. The lowest BCUT2D eigenvalue weighted by Crippen LogP contribution is -2.58. The number of amides is 3. The van der Waals surface area contributed by atoms with Gasteiger partial charge in [-0.3, -0.25) is 34.0 Å². The molecule has 1 aromatic carbocycles. The number of hydrogen-bond acceptors (Lipinski definition) is 8. The lowest BCUT2D eigenvalue weighted by molar-refractivity contribution is -0.155. The predicted octanol–water partition coefficient (Wildman–Crippen LogP) is 3.99. The summed E-state index contributed by atoms with van der Waals surface area (Å²) < 4.78 is 5.62. The van der Waals surface area contributed by atoms with E-state index in [1.807, 2.05) is 37.3 Å². The molecule has 3 N–H and O–H groups in total. The van der Waals surface area contributed by atoms with E-state index in [0.29, 0.717) is 0 Å². The molecule has 0 radical (unpaired) electrons. The average molecular weight is 638 g/mol. The molecular weight excluding hydrogens is 586 g/mol. The molecular formula is C35H51N5O6. The van der Waals surface area contributed by atoms with E-state index in [1.54, 1.807) is 67.5 Å². The second kappa shape index (κ2) is 17.5. The Balaban J connectivity index is 2.30. The molecule has 11 heteroatoms. The molecule has 0 bridgehead atoms. The van der Waals surface area contributed by atoms with E-state index in [2.05, 4.69) is 21.0 Å². The highest BCUT2D eigenvalue weighted by atomic mass is 16.5. The number of fused-ring (bicyclic) bond motifs is 1. The molecule has 5 unspecified atom stereocenters. The molecule has 0 aliphatic heterocycles. The van der Waals surface area contributed by atoms with Crippen LogP contribution in [0.15, 0.2) is 36.4 Å². The second-order valence-corrected chi connectivity index (χ2v) is 12.3. The molecule has 1 aromatic heterocycles. The van der Waals surface area contributed by atoms with Crippen molar-refractivity contribution in [1.29, 1.82) is 0 Å². The van der Waals surface area contributed by atoms with Crippen molar-refractivity contribution in [2.75, 3.05) is 6.54 Å². The van der Waals surface area contributed by atoms with Gasteiger partial charge in [-0.05, 0) is 64.7 Å². The summed E-state index contributed by atoms with van der Waals surface area (Å²) in [6.45, 7) is 17.3. The van der Waals surface area contributed by atoms with Gasteiger partial charge in [0, 0.05) is 17.6 Å². The third kappa shape index (κ3) is 10.8. The van der Waals surface area contributed by atoms with Crippen molar-refractivity contribution < 1.29 is 28.7 Å². The Morgan fingerprint density at radius 1 is 0.891 bits per heavy atom. The Bertz CT molecular complexity index is 1420. The van der Waals surface area contributed by atoms with Gasteiger partial charge in [-0.15, -0.1) is 0 Å². The topological polar surface area (TPSA) is 147 Å². The molecule has 46 heavy (non-hydrogen) atoms. The standard InChI is InChI=1S/C35H51N5O6/c1-11-28-17-16-27-15-13-26(19-30(27)37-28)14-18-29(25(10)46-35(45)21(5)6)32(42)38-31(20(3)4)33(43)36-23(8)34(44)40(12-2)39-22(7)24(9)41/h13-23,25,29,31,39H,11-12H2,1-10H3,(H,36,43)(H,38,42). The fraction of sp³-hybridized carbons (Fsp3) is 0.543. The highest BCUT2D eigenvalue weighted by Crippen LogP contribution is 2.20. The van der Waals surface area contributed by atoms with Crippen LogP contribution in [0.1, 0.15) is 80.5 Å². The van der Waals surface area contributed by atoms with Crippen LogP contribution in [0.5, 0.6) is 0 Å². The number of ketones is 1. The zero-order chi connectivity index (χ0) is 34.7. The molecule has 2 rings (SSSR count). The summed E-state index contributed by atoms with van der Waals surface area (Å²) in [7, 11) is 0. The van der Waals surface area contributed by atoms with E-state index in [0.717, 1.165) is 28.6 Å². The molecule has 5 atom stereocenters. The fourth-order valence-corrected chi connectivity index (χ4v) is 4.56. The van der Waals surface area contributed by atoms with Crippen LogP contribution >= 0.6 is 0 Å². The van der Waals surface area contributed by atoms with Gasteiger partial charge in [-0.2, -0.15) is 0 Å². The number of Topliss-reactive ketones (excluding diaryl/α,β-unsaturated/α-hetero) is 1. The van der Waals surface area contributed by atoms with Crippen molar-refractivity contribution >= 4 is 46.5 Å². The van der Waals surface area contributed by atoms with Crippen LogP contribution in [0.25, 0.3) is 17.0 Å². The molecule has 0 aliphatic rings. The van der Waals surface area contributed by atoms with Gasteiger partial charge in [0.1, 0.15) is 24.0 Å². The summed E-state index contributed by atoms with van der Waals surface area (Å²) in [6, 6.07) is 7.32. The number of rotatable bonds is 16. The normalized spacial score (nSPS) is 14.9. The van der Waals surface area contributed by atoms with Crippen LogP contribution in [0.3, 0.4) is 0 Å². The number of benzene rings is 1. The van der Waals surface area contributed by atoms with Gasteiger partial charge in [-0.1, -0.05) is 65.0 Å². The van der Waals surface area contributed by atoms with E-state index in [-0.39, 0.29) is 18.2 Å². The summed E-state index contributed by atoms with van der Waals surface area (Å²) in [4.78, 5) is 69.1. The van der Waals surface area contributed by atoms with Gasteiger partial charge >= 0.3 is 5.97 Å². The lowest BCUT2D eigenvalue weighted by Gasteiger charge is -2.30. The Kier molecular flexibility index (Phi) is 14.5. The van der Waals surface area contributed by atoms with Crippen molar-refractivity contribution in [3.8, 4) is 0 Å². The molecule has 0 fully saturated rings. The molecule has 252 valence electrons. The number of nitrogens with one attached hydrogen (secondary N) is 3. The molecule has 3 amide bonds. The smallest absolute Gasteiger partial charge is 0.308 e. The number of carbonyl (C=O) groups is 5. The van der Waals surface area contributed by atoms with E-state index in [1.165, 1.54) is 11.9 Å². The van der Waals surface area contributed by atoms with E-state index < -0.39 is 59.8 Å². The molecule has 11 nitrogen and oxygen atoms in total. The number of carbonyl (C=O) groups excluding carboxylic acids is 5. The number of aromatic nitrogens is 1. The Labute approximate surface area is 272 Å². The quantitative estimate of drug-likeness (QED) is 0.185. The third-order valence-corrected chi connectivity index (χ3v) is 7.73. The van der Waals surface area contributed by atoms with Gasteiger partial charge in [0.15, 0.2) is 0 Å². The number of pyridine rings is 1. The summed E-state index contributed by atoms with van der Waals surface area (Å²) >= 11 is 0. The second-order valence-electron chi connectivity index (χ2n) is 12.3. The van der Waals surface area contributed by atoms with Crippen LogP contribution in [-0.2, 0) is 35.1 Å². The minimum Gasteiger partial charge on any atom is -0.461 e. The predicted molar refractivity (Wildman–Crippen MR) is 179 cm³/mol. The Hall–Kier alpha value is -4.12. The zero-order valence-electron chi connectivity index (χ0n) is 28.8. The number of ether oxygens (including phenoxy) is 1. The van der Waals surface area contributed by atoms with Crippen LogP contribution in [-0.4, -0.2) is 70.2 Å². The van der Waals surface area contributed by atoms with Crippen LogP contribution < -0.4 is 16.1 Å². The maximum atomic E-state index is 13.8. The van der Waals surface area contributed by atoms with E-state index in [4.69, 9.17) is 4.74 Å². The summed E-state index contributed by atoms with van der Waals surface area (Å²) in [5.41, 5.74) is 5.47. The first-order chi connectivity index (χ1) is 21.6. The number of nitrogens with zero attached hydrogens (tertiary/aromatic N) is 2. The van der Waals surface area contributed by atoms with Crippen molar-refractivity contribution in [3.63, 3.8) is 0 Å². The minimum absolute atomic E-state index is 0.134. The lowest BCUT2D eigenvalue weighted by atomic mass is 9.97. The molecule has 0 aliphatic carbocycles. The fourth-order valence-electron chi connectivity index (χ4n) is 4.56. The van der Waals surface area contributed by atoms with Gasteiger partial charge in [-0.25, -0.2) is 5.43 Å². The van der Waals surface area contributed by atoms with Gasteiger partial charge in [0.2, 0.25) is 11.8 Å². The summed E-state index contributed by atoms with van der Waals surface area (Å²) in [5.74, 6) is -3.70. The number of likely N-dealkylation sites (N-methyl/N-ethyl adjacent to an activating group) is 1. The van der Waals surface area contributed by atoms with E-state index in [9.17, 15) is 24.0 Å². The van der Waals surface area contributed by atoms with Crippen molar-refractivity contribution in [2.45, 2.75) is 99.9 Å². The van der Waals surface area contributed by atoms with Crippen molar-refractivity contribution in [1.82, 2.24) is 26.1 Å². The summed E-state index contributed by atoms with van der Waals surface area (Å²) in [6.07, 6.45) is 3.42. The van der Waals surface area contributed by atoms with Crippen LogP contribution in [0, 0.1) is 17.8 Å². The van der Waals surface area contributed by atoms with Gasteiger partial charge in [0.25, 0.3) is 5.91 Å². The first kappa shape index (κ1) is 38.1. The first-order valence-electron chi connectivity index (χ1n) is 16.1. The van der Waals surface area contributed by atoms with Crippen molar-refractivity contribution in [2.24, 2.45) is 17.8 Å². The molecule has 1 heterocycles. The van der Waals surface area contributed by atoms with Crippen LogP contribution in [0.4, 0.5) is 0 Å². The maximum absolute atomic E-state index is 13.8. The SMILES string of the molecule is CCc1ccc2ccc(C=CC(C(=O)NC(C(=O)NC(C)C(=O)N(CC)NC(C)C(C)=O)C(C)C)C(C)OC(=O)C(C)C)cc2n1. The Morgan fingerprint density at radius 2 is 1.54 bits per heavy atom. The molecule has 2 aromatic rings. The van der Waals surface area contributed by atoms with Gasteiger partial charge < -0.3 is 15.4 Å². The third-order valence-electron chi connectivity index (χ3n) is 7.73. The maximum Gasteiger partial charge on any atom is 0.308 e. The Morgan fingerprint density at radius 3 is 2.11 bits per heavy atom. The first-order valence-corrected chi connectivity index (χ1v) is 16.1. The minimum atomic E-state index is -0.983. The molecule has 0 spiro atoms. The molecule has 0 saturated carbocycles. The van der Waals surface area contributed by atoms with E-state index >= 15 is 0 Å². The number of aryl methyl sites for hydroxylation is 1. The van der Waals surface area contributed by atoms with Gasteiger partial charge in [0.05, 0.1) is 23.4 Å². The largest absolute Gasteiger partial charge is 0.461 e. The van der Waals surface area contributed by atoms with Crippen LogP contribution in [0.2, 0.25) is 0 Å². The number of hydrogen-bond donors (Lipinski definition) is 3. The average Bonchev–Trinajstić information content (AvgIpc) is 3.00. The molecule has 0 saturated heterocycles.